The van der Waals surface area contributed by atoms with Crippen molar-refractivity contribution in [2.75, 3.05) is 6.61 Å². The molecular weight excluding hydrogens is 266 g/mol. The van der Waals surface area contributed by atoms with E-state index in [1.807, 2.05) is 18.2 Å². The molecule has 1 aromatic heterocycles. The number of benzene rings is 1. The molecule has 1 aliphatic rings. The first-order valence-corrected chi connectivity index (χ1v) is 7.56. The summed E-state index contributed by atoms with van der Waals surface area (Å²) in [5, 5.41) is 13.7. The largest absolute Gasteiger partial charge is 0.394 e. The van der Waals surface area contributed by atoms with Gasteiger partial charge in [-0.25, -0.2) is 4.98 Å². The summed E-state index contributed by atoms with van der Waals surface area (Å²) in [6, 6.07) is 7.33. The monoisotopic (exact) mass is 287 g/mol. The Morgan fingerprint density at radius 2 is 2.00 bits per heavy atom. The van der Waals surface area contributed by atoms with Crippen molar-refractivity contribution in [2.24, 2.45) is 0 Å². The minimum absolute atomic E-state index is 0.112. The van der Waals surface area contributed by atoms with Gasteiger partial charge in [-0.2, -0.15) is 0 Å². The van der Waals surface area contributed by atoms with E-state index >= 15 is 0 Å². The van der Waals surface area contributed by atoms with E-state index in [1.165, 1.54) is 6.42 Å². The first-order chi connectivity index (χ1) is 10.2. The van der Waals surface area contributed by atoms with Crippen LogP contribution in [-0.2, 0) is 6.54 Å². The summed E-state index contributed by atoms with van der Waals surface area (Å²) >= 11 is 0. The van der Waals surface area contributed by atoms with Gasteiger partial charge in [-0.05, 0) is 25.0 Å². The molecule has 5 nitrogen and oxygen atoms in total. The highest BCUT2D eigenvalue weighted by atomic mass is 16.3. The molecule has 112 valence electrons. The van der Waals surface area contributed by atoms with Gasteiger partial charge in [0.1, 0.15) is 5.82 Å². The minimum atomic E-state index is -0.220. The van der Waals surface area contributed by atoms with Crippen molar-refractivity contribution in [3.63, 3.8) is 0 Å². The molecule has 5 heteroatoms. The van der Waals surface area contributed by atoms with Crippen LogP contribution in [0.1, 0.15) is 37.9 Å². The lowest BCUT2D eigenvalue weighted by Crippen LogP contribution is -2.49. The fourth-order valence-electron chi connectivity index (χ4n) is 3.11. The van der Waals surface area contributed by atoms with Gasteiger partial charge < -0.3 is 15.4 Å². The first-order valence-electron chi connectivity index (χ1n) is 7.56. The quantitative estimate of drug-likeness (QED) is 0.800. The highest BCUT2D eigenvalue weighted by molar-refractivity contribution is 5.77. The van der Waals surface area contributed by atoms with Gasteiger partial charge in [0.25, 0.3) is 5.56 Å². The number of nitrogens with one attached hydrogen (secondary N) is 2. The molecule has 0 radical (unpaired) electrons. The topological polar surface area (TPSA) is 78.0 Å². The van der Waals surface area contributed by atoms with Crippen molar-refractivity contribution in [2.45, 2.75) is 44.2 Å². The van der Waals surface area contributed by atoms with E-state index in [0.29, 0.717) is 23.3 Å². The molecule has 1 heterocycles. The summed E-state index contributed by atoms with van der Waals surface area (Å²) < 4.78 is 0. The number of para-hydroxylation sites is 1. The first kappa shape index (κ1) is 14.2. The van der Waals surface area contributed by atoms with E-state index in [1.54, 1.807) is 6.07 Å². The lowest BCUT2D eigenvalue weighted by molar-refractivity contribution is 0.119. The second-order valence-electron chi connectivity index (χ2n) is 5.88. The maximum Gasteiger partial charge on any atom is 0.258 e. The summed E-state index contributed by atoms with van der Waals surface area (Å²) in [6.45, 7) is 0.603. The molecule has 3 rings (SSSR count). The van der Waals surface area contributed by atoms with Crippen LogP contribution < -0.4 is 10.9 Å². The van der Waals surface area contributed by atoms with Gasteiger partial charge in [-0.1, -0.05) is 31.4 Å². The van der Waals surface area contributed by atoms with Gasteiger partial charge in [-0.3, -0.25) is 4.79 Å². The Morgan fingerprint density at radius 3 is 2.76 bits per heavy atom. The third-order valence-electron chi connectivity index (χ3n) is 4.41. The molecule has 0 unspecified atom stereocenters. The minimum Gasteiger partial charge on any atom is -0.394 e. The Morgan fingerprint density at radius 1 is 1.24 bits per heavy atom. The Kier molecular flexibility index (Phi) is 4.03. The third-order valence-corrected chi connectivity index (χ3v) is 4.41. The summed E-state index contributed by atoms with van der Waals surface area (Å²) in [7, 11) is 0. The van der Waals surface area contributed by atoms with E-state index in [4.69, 9.17) is 0 Å². The molecule has 2 aromatic rings. The highest BCUT2D eigenvalue weighted by Gasteiger charge is 2.30. The van der Waals surface area contributed by atoms with Crippen LogP contribution in [0.2, 0.25) is 0 Å². The van der Waals surface area contributed by atoms with Crippen LogP contribution in [0.5, 0.6) is 0 Å². The zero-order chi connectivity index (χ0) is 14.7. The van der Waals surface area contributed by atoms with Crippen molar-refractivity contribution in [1.82, 2.24) is 15.3 Å². The van der Waals surface area contributed by atoms with Gasteiger partial charge in [0, 0.05) is 5.54 Å². The number of aliphatic hydroxyl groups excluding tert-OH is 1. The van der Waals surface area contributed by atoms with Crippen LogP contribution in [0.4, 0.5) is 0 Å². The van der Waals surface area contributed by atoms with Crippen LogP contribution in [0.25, 0.3) is 10.9 Å². The Bertz CT molecular complexity index is 675. The molecule has 21 heavy (non-hydrogen) atoms. The smallest absolute Gasteiger partial charge is 0.258 e. The maximum absolute atomic E-state index is 12.0. The number of hydrogen-bond acceptors (Lipinski definition) is 4. The Hall–Kier alpha value is -1.72. The Balaban J connectivity index is 1.80. The molecule has 1 aliphatic carbocycles. The average Bonchev–Trinajstić information content (AvgIpc) is 2.54. The second-order valence-corrected chi connectivity index (χ2v) is 5.88. The number of rotatable bonds is 4. The molecule has 0 saturated heterocycles. The predicted octanol–water partition coefficient (Wildman–Crippen LogP) is 1.71. The third kappa shape index (κ3) is 2.99. The highest BCUT2D eigenvalue weighted by Crippen LogP contribution is 2.27. The van der Waals surface area contributed by atoms with Crippen molar-refractivity contribution in [3.05, 3.63) is 40.4 Å². The maximum atomic E-state index is 12.0. The number of aromatic amines is 1. The molecule has 0 spiro atoms. The van der Waals surface area contributed by atoms with Crippen molar-refractivity contribution < 1.29 is 5.11 Å². The average molecular weight is 287 g/mol. The van der Waals surface area contributed by atoms with Crippen molar-refractivity contribution in [3.8, 4) is 0 Å². The van der Waals surface area contributed by atoms with Gasteiger partial charge in [0.05, 0.1) is 24.1 Å². The molecule has 0 bridgehead atoms. The van der Waals surface area contributed by atoms with E-state index < -0.39 is 0 Å². The van der Waals surface area contributed by atoms with Gasteiger partial charge in [0.2, 0.25) is 0 Å². The molecule has 1 fully saturated rings. The number of H-pyrrole nitrogens is 1. The standard InChI is InChI=1S/C16H21N3O2/c20-11-16(8-4-1-5-9-16)17-10-14-18-13-7-3-2-6-12(13)15(21)19-14/h2-3,6-7,17,20H,1,4-5,8-11H2,(H,18,19,21). The lowest BCUT2D eigenvalue weighted by Gasteiger charge is -2.36. The molecule has 3 N–H and O–H groups in total. The molecule has 0 atom stereocenters. The fraction of sp³-hybridized carbons (Fsp3) is 0.500. The van der Waals surface area contributed by atoms with E-state index in [2.05, 4.69) is 15.3 Å². The summed E-state index contributed by atoms with van der Waals surface area (Å²) in [4.78, 5) is 19.3. The molecular formula is C16H21N3O2. The van der Waals surface area contributed by atoms with Crippen molar-refractivity contribution in [1.29, 1.82) is 0 Å². The zero-order valence-electron chi connectivity index (χ0n) is 12.1. The lowest BCUT2D eigenvalue weighted by atomic mass is 9.82. The van der Waals surface area contributed by atoms with E-state index in [0.717, 1.165) is 25.7 Å². The second kappa shape index (κ2) is 5.95. The number of aromatic nitrogens is 2. The number of nitrogens with zero attached hydrogens (tertiary/aromatic N) is 1. The van der Waals surface area contributed by atoms with Gasteiger partial charge in [0.15, 0.2) is 0 Å². The molecule has 0 aliphatic heterocycles. The van der Waals surface area contributed by atoms with Crippen LogP contribution >= 0.6 is 0 Å². The van der Waals surface area contributed by atoms with Crippen LogP contribution in [0.15, 0.2) is 29.1 Å². The summed E-state index contributed by atoms with van der Waals surface area (Å²) in [5.74, 6) is 0.622. The van der Waals surface area contributed by atoms with E-state index in [9.17, 15) is 9.90 Å². The number of aliphatic hydroxyl groups is 1. The molecule has 1 aromatic carbocycles. The van der Waals surface area contributed by atoms with Crippen molar-refractivity contribution >= 4 is 10.9 Å². The van der Waals surface area contributed by atoms with Crippen LogP contribution in [-0.4, -0.2) is 27.2 Å². The predicted molar refractivity (Wildman–Crippen MR) is 82.1 cm³/mol. The molecule has 0 amide bonds. The Labute approximate surface area is 123 Å². The summed E-state index contributed by atoms with van der Waals surface area (Å²) in [5.41, 5.74) is 0.376. The van der Waals surface area contributed by atoms with Gasteiger partial charge >= 0.3 is 0 Å². The molecule has 1 saturated carbocycles. The summed E-state index contributed by atoms with van der Waals surface area (Å²) in [6.07, 6.45) is 5.45. The number of hydrogen-bond donors (Lipinski definition) is 3. The zero-order valence-corrected chi connectivity index (χ0v) is 12.1. The normalized spacial score (nSPS) is 18.0. The van der Waals surface area contributed by atoms with Crippen LogP contribution in [0, 0.1) is 0 Å². The number of fused-ring (bicyclic) bond motifs is 1. The van der Waals surface area contributed by atoms with Crippen LogP contribution in [0.3, 0.4) is 0 Å². The van der Waals surface area contributed by atoms with E-state index in [-0.39, 0.29) is 17.7 Å². The SMILES string of the molecule is O=c1[nH]c(CNC2(CO)CCCCC2)nc2ccccc12. The van der Waals surface area contributed by atoms with Gasteiger partial charge in [-0.15, -0.1) is 0 Å². The fourth-order valence-corrected chi connectivity index (χ4v) is 3.11.